The van der Waals surface area contributed by atoms with Gasteiger partial charge in [-0.25, -0.2) is 0 Å². The van der Waals surface area contributed by atoms with E-state index in [2.05, 4.69) is 289 Å². The van der Waals surface area contributed by atoms with E-state index >= 15 is 0 Å². The number of hydrogen-bond acceptors (Lipinski definition) is 1. The van der Waals surface area contributed by atoms with E-state index in [0.29, 0.717) is 5.92 Å². The highest BCUT2D eigenvalue weighted by Crippen LogP contribution is 2.63. The molecule has 0 radical (unpaired) electrons. The van der Waals surface area contributed by atoms with Gasteiger partial charge in [-0.1, -0.05) is 236 Å². The molecule has 12 rings (SSSR count). The quantitative estimate of drug-likeness (QED) is 0.139. The topological polar surface area (TPSA) is 3.24 Å². The number of hydrogen-bond donors (Lipinski definition) is 0. The molecule has 10 aromatic carbocycles. The molecule has 2 aliphatic rings. The molecule has 2 aliphatic carbocycles. The molecule has 2 unspecified atom stereocenters. The van der Waals surface area contributed by atoms with Crippen molar-refractivity contribution in [2.45, 2.75) is 59.3 Å². The van der Waals surface area contributed by atoms with Gasteiger partial charge in [0.1, 0.15) is 0 Å². The van der Waals surface area contributed by atoms with E-state index in [1.807, 2.05) is 0 Å². The lowest BCUT2D eigenvalue weighted by molar-refractivity contribution is 0.229. The van der Waals surface area contributed by atoms with Crippen LogP contribution in [0.4, 0.5) is 17.1 Å². The van der Waals surface area contributed by atoms with Crippen molar-refractivity contribution in [1.29, 1.82) is 0 Å². The molecule has 1 spiro atoms. The molecule has 0 saturated carbocycles. The number of benzene rings is 10. The zero-order valence-electron chi connectivity index (χ0n) is 42.3. The molecule has 0 saturated heterocycles. The van der Waals surface area contributed by atoms with E-state index in [4.69, 9.17) is 0 Å². The number of rotatable bonds is 9. The van der Waals surface area contributed by atoms with Crippen molar-refractivity contribution in [1.82, 2.24) is 0 Å². The Morgan fingerprint density at radius 3 is 1.11 bits per heavy atom. The Morgan fingerprint density at radius 1 is 0.319 bits per heavy atom. The first-order valence-electron chi connectivity index (χ1n) is 25.7. The fourth-order valence-electron chi connectivity index (χ4n) is 12.1. The maximum Gasteiger partial charge on any atom is 0.0725 e. The Morgan fingerprint density at radius 2 is 0.667 bits per heavy atom. The molecule has 0 aromatic heterocycles. The Labute approximate surface area is 427 Å². The third kappa shape index (κ3) is 7.89. The van der Waals surface area contributed by atoms with Crippen LogP contribution in [0.2, 0.25) is 0 Å². The fraction of sp³-hybridized carbons (Fsp3) is 0.155. The van der Waals surface area contributed by atoms with Crippen molar-refractivity contribution in [3.05, 3.63) is 270 Å². The highest BCUT2D eigenvalue weighted by atomic mass is 15.1. The Balaban J connectivity index is 0.958. The van der Waals surface area contributed by atoms with Crippen molar-refractivity contribution in [2.75, 3.05) is 4.90 Å². The standard InChI is InChI=1S/C71H61N/c1-69(2,3)47-68(70(4,5)6)56-23-17-22-53(44-56)55-35-43-63-61-25-14-16-27-65(61)71(67(63)46-55)64-26-15-13-24-60(64)62-42-34-54(45-66(62)71)52-32-40-59(41-33-52)72(57-36-28-50(29-37-57)48-18-9-7-10-19-48)58-38-30-51(31-39-58)49-20-11-8-12-21-49/h7-46,68H,47H2,1-6H3. The highest BCUT2D eigenvalue weighted by molar-refractivity contribution is 5.97. The van der Waals surface area contributed by atoms with Gasteiger partial charge in [0.25, 0.3) is 0 Å². The van der Waals surface area contributed by atoms with Crippen molar-refractivity contribution in [3.8, 4) is 66.8 Å². The molecule has 1 heteroatoms. The summed E-state index contributed by atoms with van der Waals surface area (Å²) in [5.74, 6) is 0.435. The number of fused-ring (bicyclic) bond motifs is 10. The second kappa shape index (κ2) is 17.7. The lowest BCUT2D eigenvalue weighted by Crippen LogP contribution is -2.26. The molecule has 1 nitrogen and oxygen atoms in total. The van der Waals surface area contributed by atoms with Gasteiger partial charge >= 0.3 is 0 Å². The number of anilines is 3. The lowest BCUT2D eigenvalue weighted by atomic mass is 9.68. The van der Waals surface area contributed by atoms with Crippen LogP contribution in [-0.4, -0.2) is 0 Å². The third-order valence-electron chi connectivity index (χ3n) is 15.5. The smallest absolute Gasteiger partial charge is 0.0725 e. The molecule has 0 amide bonds. The first kappa shape index (κ1) is 45.2. The van der Waals surface area contributed by atoms with Gasteiger partial charge in [0.2, 0.25) is 0 Å². The maximum absolute atomic E-state index is 2.53. The van der Waals surface area contributed by atoms with E-state index in [1.165, 1.54) is 94.6 Å². The molecule has 0 heterocycles. The zero-order chi connectivity index (χ0) is 49.2. The molecule has 0 bridgehead atoms. The van der Waals surface area contributed by atoms with E-state index < -0.39 is 5.41 Å². The predicted octanol–water partition coefficient (Wildman–Crippen LogP) is 19.7. The summed E-state index contributed by atoms with van der Waals surface area (Å²) < 4.78 is 0. The summed E-state index contributed by atoms with van der Waals surface area (Å²) in [6, 6.07) is 90.6. The predicted molar refractivity (Wildman–Crippen MR) is 305 cm³/mol. The summed E-state index contributed by atoms with van der Waals surface area (Å²) in [6.07, 6.45) is 1.13. The van der Waals surface area contributed by atoms with Crippen LogP contribution in [0.1, 0.15) is 81.7 Å². The van der Waals surface area contributed by atoms with E-state index in [-0.39, 0.29) is 10.8 Å². The molecule has 0 N–H and O–H groups in total. The minimum Gasteiger partial charge on any atom is -0.311 e. The third-order valence-corrected chi connectivity index (χ3v) is 15.5. The fourth-order valence-corrected chi connectivity index (χ4v) is 12.1. The SMILES string of the molecule is CC(C)(C)CC(c1cccc(-c2ccc3c(c2)C2(c4ccccc4-c4ccc(-c5ccc(N(c6ccc(-c7ccccc7)cc6)c6ccc(-c7ccccc7)cc6)cc5)cc42)c2ccccc2-3)c1)C(C)(C)C. The average molecular weight is 928 g/mol. The Bertz CT molecular complexity index is 3490. The second-order valence-electron chi connectivity index (χ2n) is 22.4. The van der Waals surface area contributed by atoms with Crippen LogP contribution in [0.3, 0.4) is 0 Å². The van der Waals surface area contributed by atoms with Crippen molar-refractivity contribution in [2.24, 2.45) is 10.8 Å². The van der Waals surface area contributed by atoms with Gasteiger partial charge in [0.05, 0.1) is 5.41 Å². The van der Waals surface area contributed by atoms with Gasteiger partial charge in [0, 0.05) is 17.1 Å². The Hall–Kier alpha value is -8.00. The van der Waals surface area contributed by atoms with Crippen LogP contribution in [0.15, 0.2) is 243 Å². The number of nitrogens with zero attached hydrogens (tertiary/aromatic N) is 1. The summed E-state index contributed by atoms with van der Waals surface area (Å²) in [6.45, 7) is 14.3. The van der Waals surface area contributed by atoms with Gasteiger partial charge < -0.3 is 4.90 Å². The van der Waals surface area contributed by atoms with Gasteiger partial charge in [0.15, 0.2) is 0 Å². The normalized spacial score (nSPS) is 14.9. The molecule has 0 aliphatic heterocycles. The first-order chi connectivity index (χ1) is 34.9. The largest absolute Gasteiger partial charge is 0.311 e. The lowest BCUT2D eigenvalue weighted by Gasteiger charge is -2.36. The monoisotopic (exact) mass is 927 g/mol. The second-order valence-corrected chi connectivity index (χ2v) is 22.4. The van der Waals surface area contributed by atoms with Gasteiger partial charge in [-0.2, -0.15) is 0 Å². The molecule has 350 valence electrons. The molecular weight excluding hydrogens is 867 g/mol. The minimum atomic E-state index is -0.476. The summed E-state index contributed by atoms with van der Waals surface area (Å²) in [5, 5.41) is 0. The minimum absolute atomic E-state index is 0.133. The van der Waals surface area contributed by atoms with Crippen molar-refractivity contribution in [3.63, 3.8) is 0 Å². The summed E-state index contributed by atoms with van der Waals surface area (Å²) >= 11 is 0. The summed E-state index contributed by atoms with van der Waals surface area (Å²) in [7, 11) is 0. The molecule has 72 heavy (non-hydrogen) atoms. The van der Waals surface area contributed by atoms with E-state index in [0.717, 1.165) is 23.5 Å². The summed E-state index contributed by atoms with van der Waals surface area (Å²) in [4.78, 5) is 2.37. The van der Waals surface area contributed by atoms with Crippen LogP contribution in [-0.2, 0) is 5.41 Å². The van der Waals surface area contributed by atoms with E-state index in [9.17, 15) is 0 Å². The van der Waals surface area contributed by atoms with Crippen LogP contribution < -0.4 is 4.90 Å². The maximum atomic E-state index is 2.53. The average Bonchev–Trinajstić information content (AvgIpc) is 3.88. The summed E-state index contributed by atoms with van der Waals surface area (Å²) in [5.41, 5.74) is 25.0. The Kier molecular flexibility index (Phi) is 11.1. The van der Waals surface area contributed by atoms with Crippen molar-refractivity contribution < 1.29 is 0 Å². The molecular formula is C71H61N. The van der Waals surface area contributed by atoms with Crippen LogP contribution in [0, 0.1) is 10.8 Å². The van der Waals surface area contributed by atoms with Crippen LogP contribution >= 0.6 is 0 Å². The molecule has 2 atom stereocenters. The van der Waals surface area contributed by atoms with Crippen molar-refractivity contribution >= 4 is 17.1 Å². The first-order valence-corrected chi connectivity index (χ1v) is 25.7. The highest BCUT2D eigenvalue weighted by Gasteiger charge is 2.51. The van der Waals surface area contributed by atoms with Gasteiger partial charge in [-0.15, -0.1) is 0 Å². The van der Waals surface area contributed by atoms with E-state index in [1.54, 1.807) is 0 Å². The molecule has 10 aromatic rings. The van der Waals surface area contributed by atoms with Crippen LogP contribution in [0.5, 0.6) is 0 Å². The zero-order valence-corrected chi connectivity index (χ0v) is 42.3. The molecule has 0 fully saturated rings. The van der Waals surface area contributed by atoms with Gasteiger partial charge in [-0.05, 0) is 166 Å². The van der Waals surface area contributed by atoms with Crippen LogP contribution in [0.25, 0.3) is 66.8 Å². The van der Waals surface area contributed by atoms with Gasteiger partial charge in [-0.3, -0.25) is 0 Å².